The van der Waals surface area contributed by atoms with Crippen molar-refractivity contribution < 1.29 is 9.53 Å². The van der Waals surface area contributed by atoms with Crippen molar-refractivity contribution in [3.05, 3.63) is 29.8 Å². The van der Waals surface area contributed by atoms with Crippen molar-refractivity contribution in [2.45, 2.75) is 37.8 Å². The molecule has 1 fully saturated rings. The Hall–Kier alpha value is -1.75. The minimum atomic E-state index is -0.304. The highest BCUT2D eigenvalue weighted by Crippen LogP contribution is 2.32. The largest absolute Gasteiger partial charge is 0.493 e. The third-order valence-electron chi connectivity index (χ3n) is 4.43. The molecule has 0 aromatic heterocycles. The molecule has 1 atom stereocenters. The molecule has 3 N–H and O–H groups in total. The first-order valence-electron chi connectivity index (χ1n) is 7.76. The molecule has 114 valence electrons. The van der Waals surface area contributed by atoms with Crippen molar-refractivity contribution in [3.63, 3.8) is 0 Å². The Labute approximate surface area is 125 Å². The Balaban J connectivity index is 1.64. The molecule has 1 aromatic rings. The maximum absolute atomic E-state index is 11.2. The SMILES string of the molecule is NC(=O)N1CCC(N[C@@H]2CCCOc3ccccc32)CC1. The van der Waals surface area contributed by atoms with Crippen molar-refractivity contribution in [2.24, 2.45) is 5.73 Å². The molecule has 0 radical (unpaired) electrons. The minimum Gasteiger partial charge on any atom is -0.493 e. The fraction of sp³-hybridized carbons (Fsp3) is 0.562. The Kier molecular flexibility index (Phi) is 4.29. The molecule has 0 spiro atoms. The van der Waals surface area contributed by atoms with Crippen LogP contribution in [-0.2, 0) is 0 Å². The van der Waals surface area contributed by atoms with E-state index in [-0.39, 0.29) is 6.03 Å². The number of para-hydroxylation sites is 1. The Morgan fingerprint density at radius 1 is 1.24 bits per heavy atom. The number of hydrogen-bond acceptors (Lipinski definition) is 3. The number of hydrogen-bond donors (Lipinski definition) is 2. The summed E-state index contributed by atoms with van der Waals surface area (Å²) < 4.78 is 5.81. The second kappa shape index (κ2) is 6.35. The highest BCUT2D eigenvalue weighted by molar-refractivity contribution is 5.72. The quantitative estimate of drug-likeness (QED) is 0.875. The van der Waals surface area contributed by atoms with Crippen molar-refractivity contribution in [1.29, 1.82) is 0 Å². The molecule has 2 aliphatic heterocycles. The summed E-state index contributed by atoms with van der Waals surface area (Å²) in [6.45, 7) is 2.28. The van der Waals surface area contributed by atoms with Crippen LogP contribution in [0.1, 0.15) is 37.3 Å². The van der Waals surface area contributed by atoms with Crippen LogP contribution in [0.3, 0.4) is 0 Å². The summed E-state index contributed by atoms with van der Waals surface area (Å²) in [5, 5.41) is 3.75. The summed E-state index contributed by atoms with van der Waals surface area (Å²) in [7, 11) is 0. The van der Waals surface area contributed by atoms with Crippen LogP contribution in [0.4, 0.5) is 4.79 Å². The van der Waals surface area contributed by atoms with Gasteiger partial charge in [0, 0.05) is 30.7 Å². The summed E-state index contributed by atoms with van der Waals surface area (Å²) in [5.41, 5.74) is 6.59. The van der Waals surface area contributed by atoms with Gasteiger partial charge in [-0.2, -0.15) is 0 Å². The molecule has 2 heterocycles. The minimum absolute atomic E-state index is 0.304. The molecule has 1 saturated heterocycles. The van der Waals surface area contributed by atoms with Crippen LogP contribution in [0.2, 0.25) is 0 Å². The van der Waals surface area contributed by atoms with Gasteiger partial charge in [-0.25, -0.2) is 4.79 Å². The third kappa shape index (κ3) is 3.29. The van der Waals surface area contributed by atoms with E-state index in [0.717, 1.165) is 51.1 Å². The Morgan fingerprint density at radius 2 is 2.00 bits per heavy atom. The number of carbonyl (C=O) groups excluding carboxylic acids is 1. The number of ether oxygens (including phenoxy) is 1. The molecular formula is C16H23N3O2. The molecule has 5 heteroatoms. The molecule has 21 heavy (non-hydrogen) atoms. The molecule has 0 bridgehead atoms. The van der Waals surface area contributed by atoms with E-state index < -0.39 is 0 Å². The predicted octanol–water partition coefficient (Wildman–Crippen LogP) is 2.03. The normalized spacial score (nSPS) is 23.0. The number of piperidine rings is 1. The lowest BCUT2D eigenvalue weighted by Crippen LogP contribution is -2.47. The zero-order valence-electron chi connectivity index (χ0n) is 12.3. The summed E-state index contributed by atoms with van der Waals surface area (Å²) in [6.07, 6.45) is 4.07. The van der Waals surface area contributed by atoms with Gasteiger partial charge in [0.25, 0.3) is 0 Å². The monoisotopic (exact) mass is 289 g/mol. The zero-order valence-corrected chi connectivity index (χ0v) is 12.3. The number of benzene rings is 1. The number of carbonyl (C=O) groups is 1. The molecule has 1 aromatic carbocycles. The number of fused-ring (bicyclic) bond motifs is 1. The first-order valence-corrected chi connectivity index (χ1v) is 7.76. The Morgan fingerprint density at radius 3 is 2.76 bits per heavy atom. The van der Waals surface area contributed by atoms with Gasteiger partial charge in [0.1, 0.15) is 5.75 Å². The maximum atomic E-state index is 11.2. The highest BCUT2D eigenvalue weighted by Gasteiger charge is 2.26. The molecule has 0 saturated carbocycles. The predicted molar refractivity (Wildman–Crippen MR) is 81.2 cm³/mol. The van der Waals surface area contributed by atoms with Crippen molar-refractivity contribution in [2.75, 3.05) is 19.7 Å². The molecule has 0 unspecified atom stereocenters. The van der Waals surface area contributed by atoms with Gasteiger partial charge in [0.15, 0.2) is 0 Å². The van der Waals surface area contributed by atoms with Gasteiger partial charge >= 0.3 is 6.03 Å². The number of nitrogens with one attached hydrogen (secondary N) is 1. The summed E-state index contributed by atoms with van der Waals surface area (Å²) in [4.78, 5) is 12.9. The molecule has 5 nitrogen and oxygen atoms in total. The van der Waals surface area contributed by atoms with E-state index in [0.29, 0.717) is 12.1 Å². The number of nitrogens with zero attached hydrogens (tertiary/aromatic N) is 1. The molecular weight excluding hydrogens is 266 g/mol. The van der Waals surface area contributed by atoms with Crippen LogP contribution in [0.25, 0.3) is 0 Å². The van der Waals surface area contributed by atoms with Crippen LogP contribution in [-0.4, -0.2) is 36.7 Å². The fourth-order valence-corrected chi connectivity index (χ4v) is 3.25. The molecule has 0 aliphatic carbocycles. The summed E-state index contributed by atoms with van der Waals surface area (Å²) >= 11 is 0. The lowest BCUT2D eigenvalue weighted by Gasteiger charge is -2.33. The molecule has 2 amide bonds. The molecule has 2 aliphatic rings. The average Bonchev–Trinajstić information content (AvgIpc) is 2.71. The van der Waals surface area contributed by atoms with E-state index in [4.69, 9.17) is 10.5 Å². The number of nitrogens with two attached hydrogens (primary N) is 1. The van der Waals surface area contributed by atoms with E-state index >= 15 is 0 Å². The van der Waals surface area contributed by atoms with Gasteiger partial charge in [-0.3, -0.25) is 0 Å². The number of primary amides is 1. The topological polar surface area (TPSA) is 67.6 Å². The van der Waals surface area contributed by atoms with Gasteiger partial charge in [-0.15, -0.1) is 0 Å². The van der Waals surface area contributed by atoms with Crippen LogP contribution in [0.5, 0.6) is 5.75 Å². The van der Waals surface area contributed by atoms with Gasteiger partial charge in [0.05, 0.1) is 6.61 Å². The van der Waals surface area contributed by atoms with Gasteiger partial charge in [-0.05, 0) is 31.7 Å². The number of rotatable bonds is 2. The smallest absolute Gasteiger partial charge is 0.314 e. The van der Waals surface area contributed by atoms with Gasteiger partial charge in [-0.1, -0.05) is 18.2 Å². The van der Waals surface area contributed by atoms with E-state index in [1.54, 1.807) is 4.90 Å². The first-order chi connectivity index (χ1) is 10.2. The van der Waals surface area contributed by atoms with E-state index in [2.05, 4.69) is 17.4 Å². The van der Waals surface area contributed by atoms with E-state index in [1.165, 1.54) is 5.56 Å². The maximum Gasteiger partial charge on any atom is 0.314 e. The van der Waals surface area contributed by atoms with Gasteiger partial charge < -0.3 is 20.7 Å². The average molecular weight is 289 g/mol. The summed E-state index contributed by atoms with van der Waals surface area (Å²) in [6, 6.07) is 8.76. The Bertz CT molecular complexity index is 498. The second-order valence-electron chi connectivity index (χ2n) is 5.85. The number of urea groups is 1. The van der Waals surface area contributed by atoms with Crippen LogP contribution in [0.15, 0.2) is 24.3 Å². The fourth-order valence-electron chi connectivity index (χ4n) is 3.25. The lowest BCUT2D eigenvalue weighted by atomic mass is 9.98. The molecule has 3 rings (SSSR count). The standard InChI is InChI=1S/C16H23N3O2/c17-16(20)19-9-7-12(8-10-19)18-14-5-3-11-21-15-6-2-1-4-13(14)15/h1-2,4,6,12,14,18H,3,5,7-11H2,(H2,17,20)/t14-/m1/s1. The van der Waals surface area contributed by atoms with Crippen LogP contribution < -0.4 is 15.8 Å². The van der Waals surface area contributed by atoms with Crippen molar-refractivity contribution >= 4 is 6.03 Å². The van der Waals surface area contributed by atoms with Gasteiger partial charge in [0.2, 0.25) is 0 Å². The zero-order chi connectivity index (χ0) is 14.7. The first kappa shape index (κ1) is 14.2. The summed E-state index contributed by atoms with van der Waals surface area (Å²) in [5.74, 6) is 1.00. The van der Waals surface area contributed by atoms with E-state index in [9.17, 15) is 4.79 Å². The number of amides is 2. The lowest BCUT2D eigenvalue weighted by molar-refractivity contribution is 0.181. The van der Waals surface area contributed by atoms with Crippen molar-refractivity contribution in [1.82, 2.24) is 10.2 Å². The van der Waals surface area contributed by atoms with Crippen LogP contribution in [0, 0.1) is 0 Å². The van der Waals surface area contributed by atoms with Crippen molar-refractivity contribution in [3.8, 4) is 5.75 Å². The van der Waals surface area contributed by atoms with E-state index in [1.807, 2.05) is 12.1 Å². The third-order valence-corrected chi connectivity index (χ3v) is 4.43. The number of likely N-dealkylation sites (tertiary alicyclic amines) is 1. The van der Waals surface area contributed by atoms with Crippen LogP contribution >= 0.6 is 0 Å². The highest BCUT2D eigenvalue weighted by atomic mass is 16.5. The second-order valence-corrected chi connectivity index (χ2v) is 5.85.